The Kier molecular flexibility index (Phi) is 6.38. The Labute approximate surface area is 103 Å². The number of methoxy groups -OCH3 is 1. The Hall–Kier alpha value is -1.31. The van der Waals surface area contributed by atoms with E-state index in [1.165, 1.54) is 18.4 Å². The standard InChI is InChI=1S/C13H21N3O/c1-16-11-12(8-13(16)9-14)10-15-6-4-3-5-7-17-2/h8,11,15H,3-7,10H2,1-2H3. The van der Waals surface area contributed by atoms with Gasteiger partial charge in [-0.25, -0.2) is 0 Å². The Morgan fingerprint density at radius 2 is 2.24 bits per heavy atom. The second-order valence-electron chi connectivity index (χ2n) is 4.19. The molecule has 1 heterocycles. The van der Waals surface area contributed by atoms with Crippen molar-refractivity contribution in [3.63, 3.8) is 0 Å². The van der Waals surface area contributed by atoms with Crippen molar-refractivity contribution in [3.05, 3.63) is 23.5 Å². The molecule has 0 radical (unpaired) electrons. The first-order chi connectivity index (χ1) is 8.27. The number of aromatic nitrogens is 1. The Balaban J connectivity index is 2.12. The van der Waals surface area contributed by atoms with E-state index >= 15 is 0 Å². The molecule has 0 spiro atoms. The van der Waals surface area contributed by atoms with Crippen molar-refractivity contribution in [3.8, 4) is 6.07 Å². The van der Waals surface area contributed by atoms with Crippen molar-refractivity contribution in [1.29, 1.82) is 5.26 Å². The van der Waals surface area contributed by atoms with E-state index in [9.17, 15) is 0 Å². The number of rotatable bonds is 8. The van der Waals surface area contributed by atoms with Gasteiger partial charge in [0.25, 0.3) is 0 Å². The van der Waals surface area contributed by atoms with Crippen LogP contribution in [-0.2, 0) is 18.3 Å². The quantitative estimate of drug-likeness (QED) is 0.699. The van der Waals surface area contributed by atoms with Crippen LogP contribution < -0.4 is 5.32 Å². The van der Waals surface area contributed by atoms with Gasteiger partial charge in [-0.15, -0.1) is 0 Å². The van der Waals surface area contributed by atoms with Crippen LogP contribution in [0.1, 0.15) is 30.5 Å². The lowest BCUT2D eigenvalue weighted by Crippen LogP contribution is -2.14. The third kappa shape index (κ3) is 5.03. The molecule has 94 valence electrons. The van der Waals surface area contributed by atoms with E-state index in [0.29, 0.717) is 5.69 Å². The van der Waals surface area contributed by atoms with E-state index in [0.717, 1.165) is 26.1 Å². The van der Waals surface area contributed by atoms with Crippen molar-refractivity contribution in [2.45, 2.75) is 25.8 Å². The average Bonchev–Trinajstić information content (AvgIpc) is 2.68. The fraction of sp³-hybridized carbons (Fsp3) is 0.615. The van der Waals surface area contributed by atoms with Gasteiger partial charge in [0.1, 0.15) is 11.8 Å². The fourth-order valence-corrected chi connectivity index (χ4v) is 1.75. The predicted molar refractivity (Wildman–Crippen MR) is 67.6 cm³/mol. The van der Waals surface area contributed by atoms with Gasteiger partial charge >= 0.3 is 0 Å². The average molecular weight is 235 g/mol. The van der Waals surface area contributed by atoms with Crippen LogP contribution in [0.3, 0.4) is 0 Å². The maximum Gasteiger partial charge on any atom is 0.120 e. The molecule has 0 fully saturated rings. The van der Waals surface area contributed by atoms with Crippen LogP contribution in [0.5, 0.6) is 0 Å². The molecule has 0 aliphatic rings. The van der Waals surface area contributed by atoms with Gasteiger partial charge in [-0.1, -0.05) is 0 Å². The normalized spacial score (nSPS) is 10.4. The zero-order valence-electron chi connectivity index (χ0n) is 10.7. The third-order valence-electron chi connectivity index (χ3n) is 2.71. The zero-order chi connectivity index (χ0) is 12.5. The largest absolute Gasteiger partial charge is 0.385 e. The summed E-state index contributed by atoms with van der Waals surface area (Å²) < 4.78 is 6.85. The fourth-order valence-electron chi connectivity index (χ4n) is 1.75. The first-order valence-electron chi connectivity index (χ1n) is 6.03. The van der Waals surface area contributed by atoms with Gasteiger partial charge in [0.2, 0.25) is 0 Å². The van der Waals surface area contributed by atoms with Crippen LogP contribution in [-0.4, -0.2) is 24.8 Å². The number of hydrogen-bond acceptors (Lipinski definition) is 3. The Morgan fingerprint density at radius 1 is 1.41 bits per heavy atom. The lowest BCUT2D eigenvalue weighted by Gasteiger charge is -2.03. The number of unbranched alkanes of at least 4 members (excludes halogenated alkanes) is 2. The third-order valence-corrected chi connectivity index (χ3v) is 2.71. The van der Waals surface area contributed by atoms with Gasteiger partial charge in [-0.05, 0) is 37.4 Å². The molecule has 0 atom stereocenters. The monoisotopic (exact) mass is 235 g/mol. The molecular formula is C13H21N3O. The van der Waals surface area contributed by atoms with Crippen molar-refractivity contribution in [2.24, 2.45) is 7.05 Å². The molecule has 0 saturated heterocycles. The maximum absolute atomic E-state index is 8.82. The Bertz CT molecular complexity index is 365. The van der Waals surface area contributed by atoms with E-state index in [2.05, 4.69) is 11.4 Å². The highest BCUT2D eigenvalue weighted by Crippen LogP contribution is 2.05. The lowest BCUT2D eigenvalue weighted by atomic mass is 10.2. The van der Waals surface area contributed by atoms with Gasteiger partial charge in [-0.2, -0.15) is 5.26 Å². The van der Waals surface area contributed by atoms with E-state index < -0.39 is 0 Å². The molecule has 1 rings (SSSR count). The van der Waals surface area contributed by atoms with Gasteiger partial charge < -0.3 is 14.6 Å². The van der Waals surface area contributed by atoms with Gasteiger partial charge in [-0.3, -0.25) is 0 Å². The van der Waals surface area contributed by atoms with Crippen molar-refractivity contribution >= 4 is 0 Å². The zero-order valence-corrected chi connectivity index (χ0v) is 10.7. The molecule has 1 aromatic rings. The molecule has 4 heteroatoms. The highest BCUT2D eigenvalue weighted by molar-refractivity contribution is 5.28. The van der Waals surface area contributed by atoms with E-state index in [4.69, 9.17) is 10.00 Å². The van der Waals surface area contributed by atoms with Gasteiger partial charge in [0.15, 0.2) is 0 Å². The molecule has 0 aromatic carbocycles. The van der Waals surface area contributed by atoms with Crippen LogP contribution in [0.2, 0.25) is 0 Å². The SMILES string of the molecule is COCCCCCNCc1cc(C#N)n(C)c1. The first kappa shape index (κ1) is 13.8. The summed E-state index contributed by atoms with van der Waals surface area (Å²) in [5, 5.41) is 12.2. The van der Waals surface area contributed by atoms with Crippen molar-refractivity contribution in [1.82, 2.24) is 9.88 Å². The number of nitrogens with zero attached hydrogens (tertiary/aromatic N) is 2. The van der Waals surface area contributed by atoms with Crippen LogP contribution in [0, 0.1) is 11.3 Å². The molecule has 4 nitrogen and oxygen atoms in total. The van der Waals surface area contributed by atoms with Crippen LogP contribution in [0.15, 0.2) is 12.3 Å². The second kappa shape index (κ2) is 7.88. The summed E-state index contributed by atoms with van der Waals surface area (Å²) in [6, 6.07) is 4.09. The summed E-state index contributed by atoms with van der Waals surface area (Å²) in [6.07, 6.45) is 5.49. The minimum absolute atomic E-state index is 0.710. The number of ether oxygens (including phenoxy) is 1. The van der Waals surface area contributed by atoms with E-state index in [1.807, 2.05) is 23.9 Å². The summed E-state index contributed by atoms with van der Waals surface area (Å²) in [7, 11) is 3.63. The molecule has 1 aromatic heterocycles. The minimum Gasteiger partial charge on any atom is -0.385 e. The van der Waals surface area contributed by atoms with Crippen molar-refractivity contribution in [2.75, 3.05) is 20.3 Å². The van der Waals surface area contributed by atoms with E-state index in [1.54, 1.807) is 7.11 Å². The minimum atomic E-state index is 0.710. The topological polar surface area (TPSA) is 50.0 Å². The molecule has 0 bridgehead atoms. The van der Waals surface area contributed by atoms with Gasteiger partial charge in [0, 0.05) is 33.5 Å². The number of nitriles is 1. The van der Waals surface area contributed by atoms with Gasteiger partial charge in [0.05, 0.1) is 0 Å². The summed E-state index contributed by atoms with van der Waals surface area (Å²) in [6.45, 7) is 2.70. The molecule has 0 saturated carbocycles. The molecule has 0 amide bonds. The van der Waals surface area contributed by atoms with Crippen LogP contribution in [0.25, 0.3) is 0 Å². The molecule has 1 N–H and O–H groups in total. The predicted octanol–water partition coefficient (Wildman–Crippen LogP) is 1.80. The molecule has 17 heavy (non-hydrogen) atoms. The summed E-state index contributed by atoms with van der Waals surface area (Å²) in [4.78, 5) is 0. The molecule has 0 aliphatic carbocycles. The highest BCUT2D eigenvalue weighted by Gasteiger charge is 2.01. The lowest BCUT2D eigenvalue weighted by molar-refractivity contribution is 0.192. The van der Waals surface area contributed by atoms with E-state index in [-0.39, 0.29) is 0 Å². The smallest absolute Gasteiger partial charge is 0.120 e. The van der Waals surface area contributed by atoms with Crippen LogP contribution in [0.4, 0.5) is 0 Å². The van der Waals surface area contributed by atoms with Crippen molar-refractivity contribution < 1.29 is 4.74 Å². The summed E-state index contributed by atoms with van der Waals surface area (Å²) in [5.41, 5.74) is 1.88. The van der Waals surface area contributed by atoms with Crippen LogP contribution >= 0.6 is 0 Å². The number of nitrogens with one attached hydrogen (secondary N) is 1. The highest BCUT2D eigenvalue weighted by atomic mass is 16.5. The molecule has 0 aliphatic heterocycles. The summed E-state index contributed by atoms with van der Waals surface area (Å²) in [5.74, 6) is 0. The Morgan fingerprint density at radius 3 is 2.88 bits per heavy atom. The number of aryl methyl sites for hydroxylation is 1. The first-order valence-corrected chi connectivity index (χ1v) is 6.03. The summed E-state index contributed by atoms with van der Waals surface area (Å²) >= 11 is 0. The molecule has 0 unspecified atom stereocenters. The number of hydrogen-bond donors (Lipinski definition) is 1. The maximum atomic E-state index is 8.82. The molecular weight excluding hydrogens is 214 g/mol. The second-order valence-corrected chi connectivity index (χ2v) is 4.19.